The molecule has 0 unspecified atom stereocenters. The van der Waals surface area contributed by atoms with E-state index in [1.165, 1.54) is 23.6 Å². The standard InChI is InChI=1S/C9H8FN3S/c1-11-9-13-8(5-14-9)6-2-7(10)4-12-3-6/h2-5H,1H3,(H,11,13). The third-order valence-electron chi connectivity index (χ3n) is 1.72. The van der Waals surface area contributed by atoms with Crippen molar-refractivity contribution >= 4 is 16.5 Å². The first-order valence-corrected chi connectivity index (χ1v) is 4.92. The van der Waals surface area contributed by atoms with Crippen LogP contribution < -0.4 is 5.32 Å². The Labute approximate surface area is 84.6 Å². The largest absolute Gasteiger partial charge is 0.365 e. The van der Waals surface area contributed by atoms with Crippen molar-refractivity contribution in [1.82, 2.24) is 9.97 Å². The highest BCUT2D eigenvalue weighted by Crippen LogP contribution is 2.23. The second-order valence-corrected chi connectivity index (χ2v) is 3.54. The molecule has 0 aliphatic carbocycles. The highest BCUT2D eigenvalue weighted by molar-refractivity contribution is 7.14. The van der Waals surface area contributed by atoms with E-state index in [9.17, 15) is 4.39 Å². The molecule has 0 atom stereocenters. The maximum absolute atomic E-state index is 12.8. The monoisotopic (exact) mass is 209 g/mol. The minimum Gasteiger partial charge on any atom is -0.365 e. The number of aromatic nitrogens is 2. The second-order valence-electron chi connectivity index (χ2n) is 2.68. The van der Waals surface area contributed by atoms with Gasteiger partial charge in [0.2, 0.25) is 0 Å². The fourth-order valence-electron chi connectivity index (χ4n) is 1.07. The van der Waals surface area contributed by atoms with Gasteiger partial charge in [0.1, 0.15) is 5.82 Å². The van der Waals surface area contributed by atoms with Crippen molar-refractivity contribution < 1.29 is 4.39 Å². The Morgan fingerprint density at radius 3 is 2.93 bits per heavy atom. The Morgan fingerprint density at radius 1 is 1.43 bits per heavy atom. The van der Waals surface area contributed by atoms with Crippen molar-refractivity contribution in [2.24, 2.45) is 0 Å². The first-order valence-electron chi connectivity index (χ1n) is 4.04. The number of hydrogen-bond acceptors (Lipinski definition) is 4. The summed E-state index contributed by atoms with van der Waals surface area (Å²) >= 11 is 1.48. The van der Waals surface area contributed by atoms with E-state index >= 15 is 0 Å². The quantitative estimate of drug-likeness (QED) is 0.825. The van der Waals surface area contributed by atoms with Gasteiger partial charge in [-0.25, -0.2) is 9.37 Å². The fourth-order valence-corrected chi connectivity index (χ4v) is 1.75. The van der Waals surface area contributed by atoms with Crippen molar-refractivity contribution in [3.8, 4) is 11.3 Å². The van der Waals surface area contributed by atoms with Crippen LogP contribution in [0.25, 0.3) is 11.3 Å². The molecule has 0 bridgehead atoms. The lowest BCUT2D eigenvalue weighted by atomic mass is 10.2. The normalized spacial score (nSPS) is 10.1. The molecule has 0 fully saturated rings. The SMILES string of the molecule is CNc1nc(-c2cncc(F)c2)cs1. The van der Waals surface area contributed by atoms with Crippen LogP contribution in [0.3, 0.4) is 0 Å². The van der Waals surface area contributed by atoms with E-state index in [0.29, 0.717) is 5.56 Å². The summed E-state index contributed by atoms with van der Waals surface area (Å²) in [6, 6.07) is 1.42. The van der Waals surface area contributed by atoms with E-state index in [2.05, 4.69) is 15.3 Å². The van der Waals surface area contributed by atoms with E-state index in [1.54, 1.807) is 13.2 Å². The number of nitrogens with one attached hydrogen (secondary N) is 1. The van der Waals surface area contributed by atoms with Crippen LogP contribution in [-0.2, 0) is 0 Å². The molecule has 0 amide bonds. The number of halogens is 1. The zero-order chi connectivity index (χ0) is 9.97. The van der Waals surface area contributed by atoms with Crippen LogP contribution in [0, 0.1) is 5.82 Å². The molecule has 0 spiro atoms. The van der Waals surface area contributed by atoms with Gasteiger partial charge in [-0.2, -0.15) is 0 Å². The summed E-state index contributed by atoms with van der Waals surface area (Å²) in [4.78, 5) is 8.01. The smallest absolute Gasteiger partial charge is 0.182 e. The first kappa shape index (κ1) is 9.08. The van der Waals surface area contributed by atoms with E-state index < -0.39 is 0 Å². The molecule has 3 nitrogen and oxygen atoms in total. The van der Waals surface area contributed by atoms with Crippen LogP contribution in [0.2, 0.25) is 0 Å². The van der Waals surface area contributed by atoms with Crippen molar-refractivity contribution in [2.75, 3.05) is 12.4 Å². The summed E-state index contributed by atoms with van der Waals surface area (Å²) in [5.74, 6) is -0.346. The van der Waals surface area contributed by atoms with E-state index in [0.717, 1.165) is 10.8 Å². The molecule has 0 saturated carbocycles. The molecule has 0 saturated heterocycles. The third kappa shape index (κ3) is 1.72. The Balaban J connectivity index is 2.39. The van der Waals surface area contributed by atoms with Crippen LogP contribution >= 0.6 is 11.3 Å². The van der Waals surface area contributed by atoms with Crippen LogP contribution in [0.1, 0.15) is 0 Å². The highest BCUT2D eigenvalue weighted by atomic mass is 32.1. The Bertz CT molecular complexity index is 441. The minimum absolute atomic E-state index is 0.346. The van der Waals surface area contributed by atoms with Gasteiger partial charge < -0.3 is 5.32 Å². The molecule has 2 aromatic rings. The van der Waals surface area contributed by atoms with Crippen LogP contribution in [0.5, 0.6) is 0 Å². The molecular weight excluding hydrogens is 201 g/mol. The second kappa shape index (κ2) is 3.71. The van der Waals surface area contributed by atoms with Crippen molar-refractivity contribution in [3.05, 3.63) is 29.7 Å². The van der Waals surface area contributed by atoms with Gasteiger partial charge in [0.15, 0.2) is 5.13 Å². The van der Waals surface area contributed by atoms with Gasteiger partial charge in [0, 0.05) is 24.2 Å². The lowest BCUT2D eigenvalue weighted by Gasteiger charge is -1.95. The fraction of sp³-hybridized carbons (Fsp3) is 0.111. The lowest BCUT2D eigenvalue weighted by molar-refractivity contribution is 0.622. The highest BCUT2D eigenvalue weighted by Gasteiger charge is 2.04. The summed E-state index contributed by atoms with van der Waals surface area (Å²) in [7, 11) is 1.80. The van der Waals surface area contributed by atoms with E-state index in [1.807, 2.05) is 5.38 Å². The molecule has 0 aromatic carbocycles. The average Bonchev–Trinajstić information content (AvgIpc) is 2.66. The molecule has 0 radical (unpaired) electrons. The average molecular weight is 209 g/mol. The van der Waals surface area contributed by atoms with Crippen molar-refractivity contribution in [2.45, 2.75) is 0 Å². The molecule has 5 heteroatoms. The minimum atomic E-state index is -0.346. The van der Waals surface area contributed by atoms with Crippen LogP contribution in [-0.4, -0.2) is 17.0 Å². The Hall–Kier alpha value is -1.49. The molecule has 1 N–H and O–H groups in total. The van der Waals surface area contributed by atoms with Crippen molar-refractivity contribution in [3.63, 3.8) is 0 Å². The summed E-state index contributed by atoms with van der Waals surface area (Å²) in [6.45, 7) is 0. The van der Waals surface area contributed by atoms with Crippen molar-refractivity contribution in [1.29, 1.82) is 0 Å². The number of rotatable bonds is 2. The van der Waals surface area contributed by atoms with Gasteiger partial charge in [-0.1, -0.05) is 0 Å². The van der Waals surface area contributed by atoms with Gasteiger partial charge in [0.25, 0.3) is 0 Å². The number of hydrogen-bond donors (Lipinski definition) is 1. The van der Waals surface area contributed by atoms with Gasteiger partial charge >= 0.3 is 0 Å². The number of thiazole rings is 1. The lowest BCUT2D eigenvalue weighted by Crippen LogP contribution is -1.87. The topological polar surface area (TPSA) is 37.8 Å². The van der Waals surface area contributed by atoms with Gasteiger partial charge in [-0.05, 0) is 6.07 Å². The van der Waals surface area contributed by atoms with Gasteiger partial charge in [0.05, 0.1) is 11.9 Å². The molecule has 2 aromatic heterocycles. The molecule has 14 heavy (non-hydrogen) atoms. The van der Waals surface area contributed by atoms with Crippen LogP contribution in [0.15, 0.2) is 23.8 Å². The molecular formula is C9H8FN3S. The predicted molar refractivity (Wildman–Crippen MR) is 54.8 cm³/mol. The molecule has 2 rings (SSSR count). The summed E-state index contributed by atoms with van der Waals surface area (Å²) in [5.41, 5.74) is 1.44. The molecule has 0 aliphatic heterocycles. The first-order chi connectivity index (χ1) is 6.79. The molecule has 72 valence electrons. The zero-order valence-electron chi connectivity index (χ0n) is 7.49. The summed E-state index contributed by atoms with van der Waals surface area (Å²) in [5, 5.41) is 5.60. The van der Waals surface area contributed by atoms with Gasteiger partial charge in [-0.3, -0.25) is 4.98 Å². The Morgan fingerprint density at radius 2 is 2.29 bits per heavy atom. The molecule has 0 aliphatic rings. The van der Waals surface area contributed by atoms with E-state index in [4.69, 9.17) is 0 Å². The summed E-state index contributed by atoms with van der Waals surface area (Å²) in [6.07, 6.45) is 2.77. The Kier molecular flexibility index (Phi) is 2.41. The summed E-state index contributed by atoms with van der Waals surface area (Å²) < 4.78 is 12.8. The van der Waals surface area contributed by atoms with E-state index in [-0.39, 0.29) is 5.82 Å². The third-order valence-corrected chi connectivity index (χ3v) is 2.58. The maximum atomic E-state index is 12.8. The number of nitrogens with zero attached hydrogens (tertiary/aromatic N) is 2. The number of anilines is 1. The number of pyridine rings is 1. The maximum Gasteiger partial charge on any atom is 0.182 e. The molecule has 2 heterocycles. The zero-order valence-corrected chi connectivity index (χ0v) is 8.31. The van der Waals surface area contributed by atoms with Gasteiger partial charge in [-0.15, -0.1) is 11.3 Å². The van der Waals surface area contributed by atoms with Crippen LogP contribution in [0.4, 0.5) is 9.52 Å². The predicted octanol–water partition coefficient (Wildman–Crippen LogP) is 2.39.